The number of pyridine rings is 1. The normalized spacial score (nSPS) is 10.5. The minimum absolute atomic E-state index is 0.0925. The van der Waals surface area contributed by atoms with Gasteiger partial charge in [0.1, 0.15) is 18.0 Å². The number of nitrogens with zero attached hydrogens (tertiary/aromatic N) is 2. The van der Waals surface area contributed by atoms with Crippen LogP contribution in [0, 0.1) is 10.1 Å². The van der Waals surface area contributed by atoms with E-state index in [9.17, 15) is 19.7 Å². The summed E-state index contributed by atoms with van der Waals surface area (Å²) in [5.41, 5.74) is 0.371. The Labute approximate surface area is 159 Å². The zero-order valence-electron chi connectivity index (χ0n) is 15.2. The average Bonchev–Trinajstić information content (AvgIpc) is 2.70. The van der Waals surface area contributed by atoms with E-state index < -0.39 is 16.4 Å². The molecular formula is C19H17N3O6. The molecule has 2 aromatic carbocycles. The third-order valence-corrected chi connectivity index (χ3v) is 4.17. The van der Waals surface area contributed by atoms with Crippen molar-refractivity contribution in [3.63, 3.8) is 0 Å². The fourth-order valence-electron chi connectivity index (χ4n) is 2.80. The van der Waals surface area contributed by atoms with E-state index in [0.717, 1.165) is 0 Å². The highest BCUT2D eigenvalue weighted by Gasteiger charge is 2.14. The van der Waals surface area contributed by atoms with Crippen molar-refractivity contribution in [3.05, 3.63) is 69.0 Å². The van der Waals surface area contributed by atoms with Gasteiger partial charge >= 0.3 is 0 Å². The van der Waals surface area contributed by atoms with Crippen molar-refractivity contribution >= 4 is 28.2 Å². The molecule has 0 aliphatic rings. The summed E-state index contributed by atoms with van der Waals surface area (Å²) in [4.78, 5) is 35.2. The lowest BCUT2D eigenvalue weighted by Crippen LogP contribution is -2.27. The maximum Gasteiger partial charge on any atom is 0.270 e. The molecular weight excluding hydrogens is 366 g/mol. The van der Waals surface area contributed by atoms with Gasteiger partial charge in [0.15, 0.2) is 0 Å². The van der Waals surface area contributed by atoms with Crippen molar-refractivity contribution < 1.29 is 19.2 Å². The third kappa shape index (κ3) is 3.78. The van der Waals surface area contributed by atoms with E-state index in [4.69, 9.17) is 9.47 Å². The Hall–Kier alpha value is -3.88. The summed E-state index contributed by atoms with van der Waals surface area (Å²) in [5, 5.41) is 14.1. The van der Waals surface area contributed by atoms with E-state index in [1.54, 1.807) is 18.2 Å². The fraction of sp³-hybridized carbons (Fsp3) is 0.158. The van der Waals surface area contributed by atoms with Crippen LogP contribution in [0.25, 0.3) is 10.9 Å². The van der Waals surface area contributed by atoms with Crippen LogP contribution in [0.3, 0.4) is 0 Å². The van der Waals surface area contributed by atoms with Crippen LogP contribution in [0.4, 0.5) is 11.4 Å². The minimum Gasteiger partial charge on any atom is -0.497 e. The first-order valence-electron chi connectivity index (χ1n) is 8.23. The molecule has 0 aliphatic heterocycles. The highest BCUT2D eigenvalue weighted by molar-refractivity contribution is 5.93. The average molecular weight is 383 g/mol. The number of aromatic nitrogens is 1. The number of nitro groups is 1. The molecule has 0 bridgehead atoms. The predicted octanol–water partition coefficient (Wildman–Crippen LogP) is 2.57. The van der Waals surface area contributed by atoms with E-state index in [1.165, 1.54) is 49.1 Å². The lowest BCUT2D eigenvalue weighted by atomic mass is 10.2. The van der Waals surface area contributed by atoms with E-state index in [2.05, 4.69) is 5.32 Å². The van der Waals surface area contributed by atoms with Crippen LogP contribution in [0.15, 0.2) is 53.3 Å². The molecule has 144 valence electrons. The molecule has 0 spiro atoms. The standard InChI is InChI=1S/C19H17N3O6/c1-27-14-5-6-15(17(10-14)28-2)20-18(23)11-21-16-7-4-13(22(25)26)9-12(16)3-8-19(21)24/h3-10H,11H2,1-2H3,(H,20,23). The zero-order chi connectivity index (χ0) is 20.3. The molecule has 3 rings (SSSR count). The number of methoxy groups -OCH3 is 2. The van der Waals surface area contributed by atoms with Gasteiger partial charge in [-0.05, 0) is 24.3 Å². The number of nitrogens with one attached hydrogen (secondary N) is 1. The van der Waals surface area contributed by atoms with Gasteiger partial charge in [-0.15, -0.1) is 0 Å². The number of carbonyl (C=O) groups is 1. The fourth-order valence-corrected chi connectivity index (χ4v) is 2.80. The molecule has 9 nitrogen and oxygen atoms in total. The van der Waals surface area contributed by atoms with E-state index >= 15 is 0 Å². The van der Waals surface area contributed by atoms with Gasteiger partial charge in [0, 0.05) is 29.7 Å². The summed E-state index contributed by atoms with van der Waals surface area (Å²) in [6.45, 7) is -0.261. The second-order valence-electron chi connectivity index (χ2n) is 5.87. The van der Waals surface area contributed by atoms with Gasteiger partial charge in [0.05, 0.1) is 30.3 Å². The Morgan fingerprint density at radius 2 is 1.89 bits per heavy atom. The second-order valence-corrected chi connectivity index (χ2v) is 5.87. The van der Waals surface area contributed by atoms with Gasteiger partial charge in [-0.3, -0.25) is 24.3 Å². The summed E-state index contributed by atoms with van der Waals surface area (Å²) in [6, 6.07) is 11.8. The van der Waals surface area contributed by atoms with Crippen molar-refractivity contribution in [2.75, 3.05) is 19.5 Å². The first-order valence-corrected chi connectivity index (χ1v) is 8.23. The molecule has 0 saturated carbocycles. The quantitative estimate of drug-likeness (QED) is 0.517. The number of anilines is 1. The number of hydrogen-bond acceptors (Lipinski definition) is 6. The number of rotatable bonds is 6. The van der Waals surface area contributed by atoms with Crippen molar-refractivity contribution in [2.24, 2.45) is 0 Å². The van der Waals surface area contributed by atoms with Gasteiger partial charge in [-0.25, -0.2) is 0 Å². The van der Waals surface area contributed by atoms with Crippen LogP contribution in [-0.4, -0.2) is 29.6 Å². The molecule has 0 atom stereocenters. The highest BCUT2D eigenvalue weighted by Crippen LogP contribution is 2.29. The van der Waals surface area contributed by atoms with Gasteiger partial charge in [-0.1, -0.05) is 0 Å². The number of fused-ring (bicyclic) bond motifs is 1. The molecule has 1 aromatic heterocycles. The number of benzene rings is 2. The molecule has 0 saturated heterocycles. The number of nitro benzene ring substituents is 1. The molecule has 0 fully saturated rings. The number of amides is 1. The predicted molar refractivity (Wildman–Crippen MR) is 103 cm³/mol. The highest BCUT2D eigenvalue weighted by atomic mass is 16.6. The van der Waals surface area contributed by atoms with Gasteiger partial charge in [0.25, 0.3) is 11.2 Å². The number of ether oxygens (including phenoxy) is 2. The number of non-ortho nitro benzene ring substituents is 1. The lowest BCUT2D eigenvalue weighted by Gasteiger charge is -2.13. The summed E-state index contributed by atoms with van der Waals surface area (Å²) < 4.78 is 11.6. The monoisotopic (exact) mass is 383 g/mol. The lowest BCUT2D eigenvalue weighted by molar-refractivity contribution is -0.384. The van der Waals surface area contributed by atoms with Crippen molar-refractivity contribution in [1.29, 1.82) is 0 Å². The summed E-state index contributed by atoms with van der Waals surface area (Å²) in [6.07, 6.45) is 0. The van der Waals surface area contributed by atoms with Crippen LogP contribution in [0.2, 0.25) is 0 Å². The number of hydrogen-bond donors (Lipinski definition) is 1. The summed E-state index contributed by atoms with van der Waals surface area (Å²) in [7, 11) is 2.98. The zero-order valence-corrected chi connectivity index (χ0v) is 15.2. The van der Waals surface area contributed by atoms with Gasteiger partial charge < -0.3 is 14.8 Å². The van der Waals surface area contributed by atoms with E-state index in [-0.39, 0.29) is 12.2 Å². The topological polar surface area (TPSA) is 113 Å². The SMILES string of the molecule is COc1ccc(NC(=O)Cn2c(=O)ccc3cc([N+](=O)[O-])ccc32)c(OC)c1. The van der Waals surface area contributed by atoms with Crippen molar-refractivity contribution in [3.8, 4) is 11.5 Å². The number of carbonyl (C=O) groups excluding carboxylic acids is 1. The Kier molecular flexibility index (Phi) is 5.25. The van der Waals surface area contributed by atoms with Crippen LogP contribution in [0.1, 0.15) is 0 Å². The first kappa shape index (κ1) is 18.9. The Balaban J connectivity index is 1.90. The second kappa shape index (κ2) is 7.78. The maximum atomic E-state index is 12.5. The first-order chi connectivity index (χ1) is 13.4. The van der Waals surface area contributed by atoms with Crippen LogP contribution in [0.5, 0.6) is 11.5 Å². The molecule has 0 radical (unpaired) electrons. The molecule has 1 heterocycles. The van der Waals surface area contributed by atoms with Crippen LogP contribution in [-0.2, 0) is 11.3 Å². The maximum absolute atomic E-state index is 12.5. The molecule has 3 aromatic rings. The van der Waals surface area contributed by atoms with Gasteiger partial charge in [-0.2, -0.15) is 0 Å². The molecule has 1 N–H and O–H groups in total. The largest absolute Gasteiger partial charge is 0.497 e. The van der Waals surface area contributed by atoms with Gasteiger partial charge in [0.2, 0.25) is 5.91 Å². The van der Waals surface area contributed by atoms with E-state index in [0.29, 0.717) is 28.1 Å². The molecule has 1 amide bonds. The van der Waals surface area contributed by atoms with Crippen molar-refractivity contribution in [1.82, 2.24) is 4.57 Å². The van der Waals surface area contributed by atoms with E-state index in [1.807, 2.05) is 0 Å². The Morgan fingerprint density at radius 3 is 2.57 bits per heavy atom. The molecule has 9 heteroatoms. The van der Waals surface area contributed by atoms with Crippen LogP contribution >= 0.6 is 0 Å². The summed E-state index contributed by atoms with van der Waals surface area (Å²) in [5.74, 6) is 0.534. The third-order valence-electron chi connectivity index (χ3n) is 4.17. The smallest absolute Gasteiger partial charge is 0.270 e. The Morgan fingerprint density at radius 1 is 1.11 bits per heavy atom. The van der Waals surface area contributed by atoms with Crippen LogP contribution < -0.4 is 20.3 Å². The molecule has 0 aliphatic carbocycles. The molecule has 28 heavy (non-hydrogen) atoms. The Bertz CT molecular complexity index is 1120. The van der Waals surface area contributed by atoms with Crippen molar-refractivity contribution in [2.45, 2.75) is 6.54 Å². The molecule has 0 unspecified atom stereocenters. The summed E-state index contributed by atoms with van der Waals surface area (Å²) >= 11 is 0. The minimum atomic E-state index is -0.516.